The Morgan fingerprint density at radius 2 is 1.73 bits per heavy atom. The molecule has 0 aromatic heterocycles. The van der Waals surface area contributed by atoms with Gasteiger partial charge in [0.05, 0.1) is 13.2 Å². The van der Waals surface area contributed by atoms with Crippen LogP contribution in [0.15, 0.2) is 24.3 Å². The van der Waals surface area contributed by atoms with Crippen molar-refractivity contribution in [2.24, 2.45) is 0 Å². The summed E-state index contributed by atoms with van der Waals surface area (Å²) in [5, 5.41) is 0. The molecule has 0 aliphatic heterocycles. The third-order valence-corrected chi connectivity index (χ3v) is 3.06. The van der Waals surface area contributed by atoms with Crippen molar-refractivity contribution >= 4 is 7.82 Å². The van der Waals surface area contributed by atoms with Crippen molar-refractivity contribution in [1.29, 1.82) is 0 Å². The minimum atomic E-state index is -3.46. The highest BCUT2D eigenvalue weighted by atomic mass is 31.2. The summed E-state index contributed by atoms with van der Waals surface area (Å²) in [7, 11) is -3.46. The molecular formula is C10H14O4P. The van der Waals surface area contributed by atoms with Gasteiger partial charge in [0.2, 0.25) is 0 Å². The Hall–Kier alpha value is -0.830. The van der Waals surface area contributed by atoms with Crippen LogP contribution in [0.1, 0.15) is 13.8 Å². The first-order valence-corrected chi connectivity index (χ1v) is 6.21. The molecule has 15 heavy (non-hydrogen) atoms. The van der Waals surface area contributed by atoms with Gasteiger partial charge in [-0.1, -0.05) is 12.1 Å². The summed E-state index contributed by atoms with van der Waals surface area (Å²) >= 11 is 0. The van der Waals surface area contributed by atoms with E-state index in [1.165, 1.54) is 0 Å². The number of rotatable bonds is 6. The van der Waals surface area contributed by atoms with Crippen LogP contribution in [0.3, 0.4) is 0 Å². The predicted octanol–water partition coefficient (Wildman–Crippen LogP) is 3.05. The Morgan fingerprint density at radius 1 is 1.20 bits per heavy atom. The molecule has 0 aliphatic carbocycles. The van der Waals surface area contributed by atoms with E-state index in [4.69, 9.17) is 13.6 Å². The normalized spacial score (nSPS) is 11.3. The third kappa shape index (κ3) is 4.04. The highest BCUT2D eigenvalue weighted by Gasteiger charge is 2.26. The molecule has 0 bridgehead atoms. The molecule has 5 heteroatoms. The summed E-state index contributed by atoms with van der Waals surface area (Å²) in [4.78, 5) is 0. The SMILES string of the molecule is CCOP(=O)(OCC)Oc1cc[c]cc1. The average Bonchev–Trinajstić information content (AvgIpc) is 2.19. The zero-order chi connectivity index (χ0) is 11.1. The van der Waals surface area contributed by atoms with Crippen molar-refractivity contribution in [3.8, 4) is 5.75 Å². The summed E-state index contributed by atoms with van der Waals surface area (Å²) in [5.41, 5.74) is 0. The molecule has 0 saturated carbocycles. The van der Waals surface area contributed by atoms with Crippen LogP contribution in [0, 0.1) is 6.07 Å². The molecule has 1 radical (unpaired) electrons. The van der Waals surface area contributed by atoms with Crippen molar-refractivity contribution in [3.63, 3.8) is 0 Å². The van der Waals surface area contributed by atoms with E-state index >= 15 is 0 Å². The van der Waals surface area contributed by atoms with E-state index in [2.05, 4.69) is 6.07 Å². The highest BCUT2D eigenvalue weighted by Crippen LogP contribution is 2.49. The summed E-state index contributed by atoms with van der Waals surface area (Å²) in [5.74, 6) is 0.444. The number of hydrogen-bond acceptors (Lipinski definition) is 4. The molecule has 0 heterocycles. The van der Waals surface area contributed by atoms with E-state index in [1.54, 1.807) is 38.1 Å². The molecule has 0 amide bonds. The van der Waals surface area contributed by atoms with Crippen molar-refractivity contribution in [1.82, 2.24) is 0 Å². The quantitative estimate of drug-likeness (QED) is 0.703. The van der Waals surface area contributed by atoms with Gasteiger partial charge in [0.25, 0.3) is 0 Å². The van der Waals surface area contributed by atoms with Crippen LogP contribution < -0.4 is 4.52 Å². The first-order chi connectivity index (χ1) is 7.20. The second kappa shape index (κ2) is 5.91. The molecule has 1 aromatic rings. The van der Waals surface area contributed by atoms with Crippen LogP contribution in [0.5, 0.6) is 5.75 Å². The first kappa shape index (κ1) is 12.2. The van der Waals surface area contributed by atoms with Gasteiger partial charge in [-0.2, -0.15) is 0 Å². The van der Waals surface area contributed by atoms with E-state index in [1.807, 2.05) is 0 Å². The molecule has 0 spiro atoms. The van der Waals surface area contributed by atoms with Crippen LogP contribution in [0.4, 0.5) is 0 Å². The molecule has 1 rings (SSSR count). The van der Waals surface area contributed by atoms with Crippen molar-refractivity contribution in [2.45, 2.75) is 13.8 Å². The zero-order valence-corrected chi connectivity index (χ0v) is 9.70. The second-order valence-electron chi connectivity index (χ2n) is 2.61. The lowest BCUT2D eigenvalue weighted by molar-refractivity contribution is 0.167. The molecule has 0 atom stereocenters. The van der Waals surface area contributed by atoms with Crippen LogP contribution in [0.25, 0.3) is 0 Å². The van der Waals surface area contributed by atoms with E-state index in [-0.39, 0.29) is 13.2 Å². The van der Waals surface area contributed by atoms with E-state index in [9.17, 15) is 4.57 Å². The number of phosphoric acid groups is 1. The van der Waals surface area contributed by atoms with Crippen molar-refractivity contribution in [3.05, 3.63) is 30.3 Å². The summed E-state index contributed by atoms with van der Waals surface area (Å²) < 4.78 is 27.0. The molecule has 0 unspecified atom stereocenters. The highest BCUT2D eigenvalue weighted by molar-refractivity contribution is 7.48. The molecular weight excluding hydrogens is 215 g/mol. The minimum absolute atomic E-state index is 0.274. The van der Waals surface area contributed by atoms with Gasteiger partial charge in [-0.05, 0) is 32.0 Å². The van der Waals surface area contributed by atoms with Crippen LogP contribution >= 0.6 is 7.82 Å². The maximum Gasteiger partial charge on any atom is 0.530 e. The fourth-order valence-electron chi connectivity index (χ4n) is 0.968. The van der Waals surface area contributed by atoms with Gasteiger partial charge >= 0.3 is 7.82 Å². The molecule has 1 aromatic carbocycles. The minimum Gasteiger partial charge on any atom is -0.404 e. The average molecular weight is 229 g/mol. The second-order valence-corrected chi connectivity index (χ2v) is 4.20. The summed E-state index contributed by atoms with van der Waals surface area (Å²) in [6.45, 7) is 4.01. The Kier molecular flexibility index (Phi) is 4.82. The molecule has 4 nitrogen and oxygen atoms in total. The summed E-state index contributed by atoms with van der Waals surface area (Å²) in [6.07, 6.45) is 0. The van der Waals surface area contributed by atoms with E-state index in [0.717, 1.165) is 0 Å². The molecule has 0 saturated heterocycles. The zero-order valence-electron chi connectivity index (χ0n) is 8.80. The van der Waals surface area contributed by atoms with E-state index < -0.39 is 7.82 Å². The monoisotopic (exact) mass is 229 g/mol. The van der Waals surface area contributed by atoms with Gasteiger partial charge in [-0.25, -0.2) is 4.57 Å². The Morgan fingerprint density at radius 3 is 2.20 bits per heavy atom. The van der Waals surface area contributed by atoms with Crippen LogP contribution in [0.2, 0.25) is 0 Å². The van der Waals surface area contributed by atoms with Gasteiger partial charge in [-0.3, -0.25) is 9.05 Å². The third-order valence-electron chi connectivity index (χ3n) is 1.48. The predicted molar refractivity (Wildman–Crippen MR) is 56.8 cm³/mol. The topological polar surface area (TPSA) is 44.8 Å². The first-order valence-electron chi connectivity index (χ1n) is 4.75. The Balaban J connectivity index is 2.71. The lowest BCUT2D eigenvalue weighted by Crippen LogP contribution is -2.02. The van der Waals surface area contributed by atoms with Gasteiger partial charge < -0.3 is 4.52 Å². The number of hydrogen-bond donors (Lipinski definition) is 0. The fourth-order valence-corrected chi connectivity index (χ4v) is 2.16. The summed E-state index contributed by atoms with van der Waals surface area (Å²) in [6, 6.07) is 9.45. The van der Waals surface area contributed by atoms with Crippen molar-refractivity contribution in [2.75, 3.05) is 13.2 Å². The van der Waals surface area contributed by atoms with Gasteiger partial charge in [0.15, 0.2) is 0 Å². The maximum absolute atomic E-state index is 11.9. The largest absolute Gasteiger partial charge is 0.530 e. The number of phosphoric ester groups is 1. The molecule has 83 valence electrons. The maximum atomic E-state index is 11.9. The molecule has 0 fully saturated rings. The molecule has 0 aliphatic rings. The lowest BCUT2D eigenvalue weighted by Gasteiger charge is -2.16. The smallest absolute Gasteiger partial charge is 0.404 e. The Labute approximate surface area is 89.8 Å². The van der Waals surface area contributed by atoms with Gasteiger partial charge in [0, 0.05) is 0 Å². The van der Waals surface area contributed by atoms with Crippen LogP contribution in [-0.2, 0) is 13.6 Å². The molecule has 0 N–H and O–H groups in total. The number of benzene rings is 1. The standard InChI is InChI=1S/C10H14O4P/c1-3-12-15(11,13-4-2)14-10-8-6-5-7-9-10/h6-9H,3-4H2,1-2H3. The Bertz CT molecular complexity index is 315. The fraction of sp³-hybridized carbons (Fsp3) is 0.400. The van der Waals surface area contributed by atoms with Gasteiger partial charge in [0.1, 0.15) is 5.75 Å². The lowest BCUT2D eigenvalue weighted by atomic mass is 10.3. The van der Waals surface area contributed by atoms with Crippen LogP contribution in [-0.4, -0.2) is 13.2 Å². The van der Waals surface area contributed by atoms with E-state index in [0.29, 0.717) is 5.75 Å². The van der Waals surface area contributed by atoms with Crippen molar-refractivity contribution < 1.29 is 18.1 Å². The van der Waals surface area contributed by atoms with Gasteiger partial charge in [-0.15, -0.1) is 0 Å².